The molecule has 0 saturated heterocycles. The molecule has 0 aromatic heterocycles. The van der Waals surface area contributed by atoms with E-state index >= 15 is 0 Å². The van der Waals surface area contributed by atoms with Crippen molar-refractivity contribution in [1.82, 2.24) is 0 Å². The summed E-state index contributed by atoms with van der Waals surface area (Å²) in [6.07, 6.45) is 0. The molecule has 2 rings (SSSR count). The molecule has 3 nitrogen and oxygen atoms in total. The number of hydrogen-bond donors (Lipinski definition) is 0. The van der Waals surface area contributed by atoms with Crippen LogP contribution in [0.25, 0.3) is 0 Å². The molecule has 0 aliphatic carbocycles. The lowest BCUT2D eigenvalue weighted by molar-refractivity contribution is 0.296. The highest BCUT2D eigenvalue weighted by Gasteiger charge is 2.05. The summed E-state index contributed by atoms with van der Waals surface area (Å²) >= 11 is 3.37. The quantitative estimate of drug-likeness (QED) is 0.858. The molecule has 0 atom stereocenters. The van der Waals surface area contributed by atoms with Crippen LogP contribution in [0.2, 0.25) is 0 Å². The standard InChI is InChI=1S/C15H12BrNO2/c1-18-15-7-2-11(9-17)8-12(15)10-19-14-5-3-13(16)4-6-14/h2-8H,10H2,1H3. The summed E-state index contributed by atoms with van der Waals surface area (Å²) in [5.41, 5.74) is 1.44. The van der Waals surface area contributed by atoms with Crippen molar-refractivity contribution in [2.75, 3.05) is 7.11 Å². The van der Waals surface area contributed by atoms with Crippen molar-refractivity contribution in [2.24, 2.45) is 0 Å². The zero-order valence-electron chi connectivity index (χ0n) is 10.4. The molecule has 0 fully saturated rings. The first-order valence-electron chi connectivity index (χ1n) is 5.68. The Bertz CT molecular complexity index is 603. The summed E-state index contributed by atoms with van der Waals surface area (Å²) in [7, 11) is 1.60. The number of ether oxygens (including phenoxy) is 2. The lowest BCUT2D eigenvalue weighted by Crippen LogP contribution is -1.99. The van der Waals surface area contributed by atoms with E-state index in [1.165, 1.54) is 0 Å². The first kappa shape index (κ1) is 13.4. The summed E-state index contributed by atoms with van der Waals surface area (Å²) < 4.78 is 11.9. The Morgan fingerprint density at radius 1 is 1.16 bits per heavy atom. The van der Waals surface area contributed by atoms with E-state index in [9.17, 15) is 0 Å². The van der Waals surface area contributed by atoms with Gasteiger partial charge < -0.3 is 9.47 Å². The van der Waals surface area contributed by atoms with E-state index in [1.54, 1.807) is 25.3 Å². The Kier molecular flexibility index (Phi) is 4.43. The SMILES string of the molecule is COc1ccc(C#N)cc1COc1ccc(Br)cc1. The maximum absolute atomic E-state index is 8.90. The Morgan fingerprint density at radius 2 is 1.89 bits per heavy atom. The molecule has 19 heavy (non-hydrogen) atoms. The number of halogens is 1. The lowest BCUT2D eigenvalue weighted by atomic mass is 10.1. The molecule has 2 aromatic carbocycles. The number of nitriles is 1. The monoisotopic (exact) mass is 317 g/mol. The van der Waals surface area contributed by atoms with E-state index in [2.05, 4.69) is 22.0 Å². The van der Waals surface area contributed by atoms with Crippen LogP contribution in [0.5, 0.6) is 11.5 Å². The van der Waals surface area contributed by atoms with Crippen LogP contribution in [0, 0.1) is 11.3 Å². The fourth-order valence-electron chi connectivity index (χ4n) is 1.65. The van der Waals surface area contributed by atoms with Crippen molar-refractivity contribution in [3.05, 3.63) is 58.1 Å². The molecule has 2 aromatic rings. The normalized spacial score (nSPS) is 9.74. The van der Waals surface area contributed by atoms with Crippen LogP contribution >= 0.6 is 15.9 Å². The van der Waals surface area contributed by atoms with Crippen LogP contribution in [-0.2, 0) is 6.61 Å². The first-order chi connectivity index (χ1) is 9.22. The van der Waals surface area contributed by atoms with Crippen molar-refractivity contribution < 1.29 is 9.47 Å². The highest BCUT2D eigenvalue weighted by molar-refractivity contribution is 9.10. The molecule has 0 aliphatic heterocycles. The molecule has 0 heterocycles. The molecule has 0 bridgehead atoms. The van der Waals surface area contributed by atoms with E-state index in [4.69, 9.17) is 14.7 Å². The molecule has 0 spiro atoms. The number of rotatable bonds is 4. The molecule has 0 aliphatic rings. The van der Waals surface area contributed by atoms with Gasteiger partial charge in [-0.15, -0.1) is 0 Å². The van der Waals surface area contributed by atoms with E-state index in [0.29, 0.717) is 12.2 Å². The van der Waals surface area contributed by atoms with Crippen LogP contribution in [0.15, 0.2) is 46.9 Å². The third-order valence-corrected chi connectivity index (χ3v) is 3.15. The average Bonchev–Trinajstić information content (AvgIpc) is 2.46. The van der Waals surface area contributed by atoms with E-state index in [-0.39, 0.29) is 0 Å². The van der Waals surface area contributed by atoms with Gasteiger partial charge in [-0.3, -0.25) is 0 Å². The maximum Gasteiger partial charge on any atom is 0.125 e. The zero-order chi connectivity index (χ0) is 13.7. The second-order valence-electron chi connectivity index (χ2n) is 3.88. The molecule has 0 N–H and O–H groups in total. The van der Waals surface area contributed by atoms with Crippen molar-refractivity contribution >= 4 is 15.9 Å². The predicted molar refractivity (Wildman–Crippen MR) is 76.2 cm³/mol. The fraction of sp³-hybridized carbons (Fsp3) is 0.133. The van der Waals surface area contributed by atoms with Gasteiger partial charge >= 0.3 is 0 Å². The Morgan fingerprint density at radius 3 is 2.53 bits per heavy atom. The Labute approximate surface area is 120 Å². The van der Waals surface area contributed by atoms with Gasteiger partial charge in [0, 0.05) is 10.0 Å². The van der Waals surface area contributed by atoms with Gasteiger partial charge in [-0.2, -0.15) is 5.26 Å². The molecule has 0 radical (unpaired) electrons. The van der Waals surface area contributed by atoms with E-state index < -0.39 is 0 Å². The van der Waals surface area contributed by atoms with Gasteiger partial charge in [0.1, 0.15) is 18.1 Å². The molecule has 4 heteroatoms. The Balaban J connectivity index is 2.14. The van der Waals surface area contributed by atoms with Gasteiger partial charge in [0.15, 0.2) is 0 Å². The summed E-state index contributed by atoms with van der Waals surface area (Å²) in [5, 5.41) is 8.90. The van der Waals surface area contributed by atoms with Crippen molar-refractivity contribution in [2.45, 2.75) is 6.61 Å². The summed E-state index contributed by atoms with van der Waals surface area (Å²) in [4.78, 5) is 0. The topological polar surface area (TPSA) is 42.2 Å². The number of methoxy groups -OCH3 is 1. The molecule has 96 valence electrons. The Hall–Kier alpha value is -1.99. The second-order valence-corrected chi connectivity index (χ2v) is 4.80. The lowest BCUT2D eigenvalue weighted by Gasteiger charge is -2.10. The summed E-state index contributed by atoms with van der Waals surface area (Å²) in [6.45, 7) is 0.361. The van der Waals surface area contributed by atoms with Gasteiger partial charge in [-0.05, 0) is 42.5 Å². The molecular weight excluding hydrogens is 306 g/mol. The van der Waals surface area contributed by atoms with Crippen LogP contribution < -0.4 is 9.47 Å². The number of hydrogen-bond acceptors (Lipinski definition) is 3. The number of nitrogens with zero attached hydrogens (tertiary/aromatic N) is 1. The van der Waals surface area contributed by atoms with Gasteiger partial charge in [0.25, 0.3) is 0 Å². The van der Waals surface area contributed by atoms with Crippen molar-refractivity contribution in [3.63, 3.8) is 0 Å². The van der Waals surface area contributed by atoms with Crippen molar-refractivity contribution in [1.29, 1.82) is 5.26 Å². The fourth-order valence-corrected chi connectivity index (χ4v) is 1.92. The largest absolute Gasteiger partial charge is 0.496 e. The average molecular weight is 318 g/mol. The minimum Gasteiger partial charge on any atom is -0.496 e. The third-order valence-electron chi connectivity index (χ3n) is 2.62. The molecule has 0 saturated carbocycles. The predicted octanol–water partition coefficient (Wildman–Crippen LogP) is 3.91. The maximum atomic E-state index is 8.90. The first-order valence-corrected chi connectivity index (χ1v) is 6.47. The van der Waals surface area contributed by atoms with Gasteiger partial charge in [-0.1, -0.05) is 15.9 Å². The third kappa shape index (κ3) is 3.49. The summed E-state index contributed by atoms with van der Waals surface area (Å²) in [5.74, 6) is 1.49. The van der Waals surface area contributed by atoms with Crippen LogP contribution in [0.3, 0.4) is 0 Å². The van der Waals surface area contributed by atoms with Crippen LogP contribution in [0.4, 0.5) is 0 Å². The summed E-state index contributed by atoms with van der Waals surface area (Å²) in [6, 6.07) is 15.0. The zero-order valence-corrected chi connectivity index (χ0v) is 12.0. The van der Waals surface area contributed by atoms with Crippen LogP contribution in [0.1, 0.15) is 11.1 Å². The molecule has 0 amide bonds. The molecule has 0 unspecified atom stereocenters. The van der Waals surface area contributed by atoms with Gasteiger partial charge in [0.2, 0.25) is 0 Å². The minimum atomic E-state index is 0.361. The van der Waals surface area contributed by atoms with Gasteiger partial charge in [-0.25, -0.2) is 0 Å². The highest BCUT2D eigenvalue weighted by atomic mass is 79.9. The van der Waals surface area contributed by atoms with Crippen LogP contribution in [-0.4, -0.2) is 7.11 Å². The smallest absolute Gasteiger partial charge is 0.125 e. The molecular formula is C15H12BrNO2. The highest BCUT2D eigenvalue weighted by Crippen LogP contribution is 2.23. The van der Waals surface area contributed by atoms with E-state index in [0.717, 1.165) is 21.5 Å². The number of benzene rings is 2. The van der Waals surface area contributed by atoms with Gasteiger partial charge in [0.05, 0.1) is 18.7 Å². The van der Waals surface area contributed by atoms with Crippen molar-refractivity contribution in [3.8, 4) is 17.6 Å². The minimum absolute atomic E-state index is 0.361. The second kappa shape index (κ2) is 6.26. The van der Waals surface area contributed by atoms with E-state index in [1.807, 2.05) is 24.3 Å².